The third kappa shape index (κ3) is 3.91. The molecule has 0 saturated heterocycles. The minimum absolute atomic E-state index is 0.181. The highest BCUT2D eigenvalue weighted by atomic mass is 16.6. The Hall–Kier alpha value is -1.43. The molecule has 4 rings (SSSR count). The number of carbonyl (C=O) groups is 3. The van der Waals surface area contributed by atoms with Gasteiger partial charge in [0.25, 0.3) is 0 Å². The van der Waals surface area contributed by atoms with Crippen molar-refractivity contribution in [1.29, 1.82) is 0 Å². The molecule has 0 aromatic carbocycles. The van der Waals surface area contributed by atoms with Crippen LogP contribution in [0.3, 0.4) is 0 Å². The number of aliphatic hydroxyl groups excluding tert-OH is 1. The lowest BCUT2D eigenvalue weighted by Gasteiger charge is -2.62. The van der Waals surface area contributed by atoms with E-state index in [1.807, 2.05) is 6.92 Å². The monoisotopic (exact) mass is 448 g/mol. The summed E-state index contributed by atoms with van der Waals surface area (Å²) in [6, 6.07) is 0. The molecule has 4 aliphatic rings. The standard InChI is InChI=1S/C26H40O6/c1-16(28)19-7-8-20-18-6-5-17-13-24(2,32-23(30)15-31-22(29)14-27)11-12-25(17,3)21(18)9-10-26(19,20)4/h17-21,27H,5-15H2,1-4H3/t17-,18-,19+,20-,21-,24+,25-,26+/m0/s1. The summed E-state index contributed by atoms with van der Waals surface area (Å²) in [4.78, 5) is 35.7. The van der Waals surface area contributed by atoms with E-state index < -0.39 is 30.8 Å². The average Bonchev–Trinajstić information content (AvgIpc) is 3.10. The van der Waals surface area contributed by atoms with E-state index >= 15 is 0 Å². The maximum absolute atomic E-state index is 12.3. The number of ether oxygens (including phenoxy) is 2. The molecule has 8 atom stereocenters. The summed E-state index contributed by atoms with van der Waals surface area (Å²) >= 11 is 0. The maximum atomic E-state index is 12.3. The number of hydrogen-bond acceptors (Lipinski definition) is 6. The minimum atomic E-state index is -0.815. The number of esters is 2. The fourth-order valence-corrected chi connectivity index (χ4v) is 8.67. The zero-order valence-corrected chi connectivity index (χ0v) is 20.2. The first-order valence-corrected chi connectivity index (χ1v) is 12.5. The summed E-state index contributed by atoms with van der Waals surface area (Å²) < 4.78 is 10.5. The Bertz CT molecular complexity index is 778. The molecule has 4 saturated carbocycles. The molecule has 0 spiro atoms. The molecule has 4 aliphatic carbocycles. The first-order chi connectivity index (χ1) is 15.0. The second-order valence-electron chi connectivity index (χ2n) is 11.9. The predicted octanol–water partition coefficient (Wildman–Crippen LogP) is 4.07. The Labute approximate surface area is 191 Å². The van der Waals surface area contributed by atoms with Gasteiger partial charge in [0.1, 0.15) is 18.0 Å². The van der Waals surface area contributed by atoms with Crippen LogP contribution in [-0.2, 0) is 23.9 Å². The van der Waals surface area contributed by atoms with Gasteiger partial charge in [-0.15, -0.1) is 0 Å². The van der Waals surface area contributed by atoms with E-state index in [-0.39, 0.29) is 16.7 Å². The van der Waals surface area contributed by atoms with Gasteiger partial charge in [0.15, 0.2) is 6.61 Å². The largest absolute Gasteiger partial charge is 0.457 e. The van der Waals surface area contributed by atoms with E-state index in [0.717, 1.165) is 38.5 Å². The van der Waals surface area contributed by atoms with Crippen LogP contribution in [0.4, 0.5) is 0 Å². The first-order valence-electron chi connectivity index (χ1n) is 12.5. The van der Waals surface area contributed by atoms with Crippen molar-refractivity contribution >= 4 is 17.7 Å². The van der Waals surface area contributed by atoms with Crippen molar-refractivity contribution in [3.05, 3.63) is 0 Å². The lowest BCUT2D eigenvalue weighted by molar-refractivity contribution is -0.186. The van der Waals surface area contributed by atoms with E-state index in [9.17, 15) is 14.4 Å². The number of aliphatic hydroxyl groups is 1. The molecule has 6 heteroatoms. The molecule has 0 aliphatic heterocycles. The SMILES string of the molecule is CC(=O)[C@H]1CC[C@H]2[C@@H]3CC[C@H]4C[C@](C)(OC(=O)COC(=O)CO)CC[C@]4(C)[C@H]3CC[C@]12C. The number of rotatable bonds is 5. The molecule has 0 radical (unpaired) electrons. The van der Waals surface area contributed by atoms with Crippen LogP contribution in [0, 0.1) is 40.4 Å². The van der Waals surface area contributed by atoms with Gasteiger partial charge < -0.3 is 14.6 Å². The minimum Gasteiger partial charge on any atom is -0.457 e. The van der Waals surface area contributed by atoms with Gasteiger partial charge in [-0.2, -0.15) is 0 Å². The molecule has 32 heavy (non-hydrogen) atoms. The highest BCUT2D eigenvalue weighted by Crippen LogP contribution is 2.68. The van der Waals surface area contributed by atoms with Crippen LogP contribution in [-0.4, -0.2) is 41.6 Å². The topological polar surface area (TPSA) is 89.9 Å². The molecule has 4 fully saturated rings. The second kappa shape index (κ2) is 8.41. The van der Waals surface area contributed by atoms with Crippen LogP contribution in [0.25, 0.3) is 0 Å². The molecule has 0 heterocycles. The number of Topliss-reactive ketones (excluding diaryl/α,β-unsaturated/α-hetero) is 1. The molecule has 0 bridgehead atoms. The van der Waals surface area contributed by atoms with Gasteiger partial charge in [-0.3, -0.25) is 4.79 Å². The van der Waals surface area contributed by atoms with Crippen LogP contribution < -0.4 is 0 Å². The van der Waals surface area contributed by atoms with E-state index in [1.165, 1.54) is 19.3 Å². The summed E-state index contributed by atoms with van der Waals surface area (Å²) in [5.41, 5.74) is -0.0925. The Morgan fingerprint density at radius 3 is 2.28 bits per heavy atom. The van der Waals surface area contributed by atoms with Gasteiger partial charge in [0.05, 0.1) is 0 Å². The van der Waals surface area contributed by atoms with Crippen molar-refractivity contribution in [2.75, 3.05) is 13.2 Å². The van der Waals surface area contributed by atoms with Gasteiger partial charge in [0.2, 0.25) is 0 Å². The highest BCUT2D eigenvalue weighted by molar-refractivity contribution is 5.79. The van der Waals surface area contributed by atoms with Crippen molar-refractivity contribution in [2.24, 2.45) is 40.4 Å². The number of hydrogen-bond donors (Lipinski definition) is 1. The first kappa shape index (κ1) is 23.7. The summed E-state index contributed by atoms with van der Waals surface area (Å²) in [5.74, 6) is 1.86. The Morgan fingerprint density at radius 2 is 1.59 bits per heavy atom. The van der Waals surface area contributed by atoms with Crippen LogP contribution in [0.15, 0.2) is 0 Å². The van der Waals surface area contributed by atoms with Crippen molar-refractivity contribution in [2.45, 2.75) is 91.1 Å². The van der Waals surface area contributed by atoms with Crippen molar-refractivity contribution in [3.63, 3.8) is 0 Å². The Kier molecular flexibility index (Phi) is 6.23. The average molecular weight is 449 g/mol. The van der Waals surface area contributed by atoms with E-state index in [4.69, 9.17) is 14.6 Å². The zero-order valence-electron chi connectivity index (χ0n) is 20.2. The van der Waals surface area contributed by atoms with Gasteiger partial charge in [-0.25, -0.2) is 9.59 Å². The highest BCUT2D eigenvalue weighted by Gasteiger charge is 2.61. The van der Waals surface area contributed by atoms with E-state index in [1.54, 1.807) is 6.92 Å². The molecule has 6 nitrogen and oxygen atoms in total. The van der Waals surface area contributed by atoms with E-state index in [2.05, 4.69) is 13.8 Å². The molecule has 0 aromatic rings. The normalized spacial score (nSPS) is 45.2. The fourth-order valence-electron chi connectivity index (χ4n) is 8.67. The predicted molar refractivity (Wildman–Crippen MR) is 118 cm³/mol. The smallest absolute Gasteiger partial charge is 0.344 e. The molecule has 180 valence electrons. The van der Waals surface area contributed by atoms with Crippen LogP contribution in [0.1, 0.15) is 85.5 Å². The number of carbonyl (C=O) groups excluding carboxylic acids is 3. The van der Waals surface area contributed by atoms with Crippen LogP contribution in [0.5, 0.6) is 0 Å². The lowest BCUT2D eigenvalue weighted by atomic mass is 9.44. The molecule has 0 aromatic heterocycles. The Morgan fingerprint density at radius 1 is 0.875 bits per heavy atom. The van der Waals surface area contributed by atoms with Gasteiger partial charge in [-0.1, -0.05) is 13.8 Å². The molecular formula is C26H40O6. The van der Waals surface area contributed by atoms with E-state index in [0.29, 0.717) is 29.5 Å². The second-order valence-corrected chi connectivity index (χ2v) is 11.9. The third-order valence-electron chi connectivity index (χ3n) is 10.3. The summed E-state index contributed by atoms with van der Waals surface area (Å²) in [5, 5.41) is 8.74. The third-order valence-corrected chi connectivity index (χ3v) is 10.3. The molecular weight excluding hydrogens is 408 g/mol. The quantitative estimate of drug-likeness (QED) is 0.638. The number of fused-ring (bicyclic) bond motifs is 5. The zero-order chi connectivity index (χ0) is 23.3. The fraction of sp³-hybridized carbons (Fsp3) is 0.885. The molecule has 1 N–H and O–H groups in total. The summed E-state index contributed by atoms with van der Waals surface area (Å²) in [6.07, 6.45) is 9.72. The number of ketones is 1. The van der Waals surface area contributed by atoms with Crippen LogP contribution >= 0.6 is 0 Å². The van der Waals surface area contributed by atoms with Gasteiger partial charge >= 0.3 is 11.9 Å². The Balaban J connectivity index is 1.43. The van der Waals surface area contributed by atoms with Crippen molar-refractivity contribution < 1.29 is 29.0 Å². The maximum Gasteiger partial charge on any atom is 0.344 e. The van der Waals surface area contributed by atoms with Gasteiger partial charge in [0, 0.05) is 5.92 Å². The molecule has 0 amide bonds. The molecule has 0 unspecified atom stereocenters. The van der Waals surface area contributed by atoms with Gasteiger partial charge in [-0.05, 0) is 106 Å². The summed E-state index contributed by atoms with van der Waals surface area (Å²) in [6.45, 7) is 7.48. The van der Waals surface area contributed by atoms with Crippen molar-refractivity contribution in [1.82, 2.24) is 0 Å². The van der Waals surface area contributed by atoms with Crippen molar-refractivity contribution in [3.8, 4) is 0 Å². The van der Waals surface area contributed by atoms with Crippen LogP contribution in [0.2, 0.25) is 0 Å². The lowest BCUT2D eigenvalue weighted by Crippen LogP contribution is -2.56. The summed E-state index contributed by atoms with van der Waals surface area (Å²) in [7, 11) is 0.